The van der Waals surface area contributed by atoms with Crippen LogP contribution in [0.4, 0.5) is 0 Å². The van der Waals surface area contributed by atoms with Crippen molar-refractivity contribution in [2.24, 2.45) is 5.73 Å². The van der Waals surface area contributed by atoms with Crippen molar-refractivity contribution in [2.75, 3.05) is 0 Å². The monoisotopic (exact) mass is 194 g/mol. The highest BCUT2D eigenvalue weighted by molar-refractivity contribution is 5.01. The fourth-order valence-electron chi connectivity index (χ4n) is 2.34. The first-order valence-corrected chi connectivity index (χ1v) is 5.34. The van der Waals surface area contributed by atoms with E-state index in [-0.39, 0.29) is 6.04 Å². The van der Waals surface area contributed by atoms with Crippen molar-refractivity contribution in [3.8, 4) is 0 Å². The van der Waals surface area contributed by atoms with Gasteiger partial charge in [-0.1, -0.05) is 0 Å². The Morgan fingerprint density at radius 2 is 2.36 bits per heavy atom. The van der Waals surface area contributed by atoms with E-state index in [0.717, 1.165) is 24.5 Å². The molecule has 0 radical (unpaired) electrons. The number of aromatic nitrogens is 3. The molecule has 0 fully saturated rings. The molecule has 4 heteroatoms. The highest BCUT2D eigenvalue weighted by Crippen LogP contribution is 2.28. The zero-order valence-corrected chi connectivity index (χ0v) is 8.90. The van der Waals surface area contributed by atoms with Gasteiger partial charge >= 0.3 is 0 Å². The van der Waals surface area contributed by atoms with E-state index >= 15 is 0 Å². The minimum atomic E-state index is 0.257. The van der Waals surface area contributed by atoms with Gasteiger partial charge in [0.15, 0.2) is 0 Å². The first kappa shape index (κ1) is 9.65. The minimum absolute atomic E-state index is 0.257. The van der Waals surface area contributed by atoms with E-state index in [9.17, 15) is 0 Å². The molecule has 2 heterocycles. The lowest BCUT2D eigenvalue weighted by Gasteiger charge is -2.26. The molecule has 1 aromatic rings. The molecule has 2 rings (SSSR count). The van der Waals surface area contributed by atoms with Crippen molar-refractivity contribution >= 4 is 0 Å². The van der Waals surface area contributed by atoms with Gasteiger partial charge < -0.3 is 10.3 Å². The first-order chi connectivity index (χ1) is 6.68. The van der Waals surface area contributed by atoms with Crippen LogP contribution in [-0.4, -0.2) is 20.8 Å². The Kier molecular flexibility index (Phi) is 2.54. The predicted octanol–water partition coefficient (Wildman–Crippen LogP) is 1.20. The maximum atomic E-state index is 5.85. The standard InChI is InChI=1S/C10H18N4/c1-7(11)6-9-4-3-5-10-13-12-8(2)14(9)10/h7,9H,3-6,11H2,1-2H3. The molecule has 0 amide bonds. The van der Waals surface area contributed by atoms with Crippen molar-refractivity contribution in [1.82, 2.24) is 14.8 Å². The maximum absolute atomic E-state index is 5.85. The summed E-state index contributed by atoms with van der Waals surface area (Å²) in [6, 6.07) is 0.779. The molecule has 0 saturated carbocycles. The Morgan fingerprint density at radius 1 is 1.57 bits per heavy atom. The second-order valence-electron chi connectivity index (χ2n) is 4.29. The zero-order valence-electron chi connectivity index (χ0n) is 8.90. The number of hydrogen-bond acceptors (Lipinski definition) is 3. The third-order valence-electron chi connectivity index (χ3n) is 2.88. The van der Waals surface area contributed by atoms with E-state index < -0.39 is 0 Å². The fourth-order valence-corrected chi connectivity index (χ4v) is 2.34. The van der Waals surface area contributed by atoms with Crippen molar-refractivity contribution in [1.29, 1.82) is 0 Å². The minimum Gasteiger partial charge on any atom is -0.328 e. The Morgan fingerprint density at radius 3 is 3.07 bits per heavy atom. The average molecular weight is 194 g/mol. The topological polar surface area (TPSA) is 56.7 Å². The molecule has 0 aliphatic carbocycles. The molecule has 1 aliphatic rings. The number of aryl methyl sites for hydroxylation is 2. The van der Waals surface area contributed by atoms with Gasteiger partial charge in [0.05, 0.1) is 0 Å². The van der Waals surface area contributed by atoms with Crippen LogP contribution in [0.15, 0.2) is 0 Å². The van der Waals surface area contributed by atoms with Crippen LogP contribution in [0.5, 0.6) is 0 Å². The predicted molar refractivity (Wildman–Crippen MR) is 55.0 cm³/mol. The Balaban J connectivity index is 2.25. The summed E-state index contributed by atoms with van der Waals surface area (Å²) < 4.78 is 2.27. The van der Waals surface area contributed by atoms with E-state index in [1.807, 2.05) is 6.92 Å². The molecule has 0 bridgehead atoms. The van der Waals surface area contributed by atoms with Gasteiger partial charge in [0.25, 0.3) is 0 Å². The summed E-state index contributed by atoms with van der Waals surface area (Å²) in [6.07, 6.45) is 4.53. The van der Waals surface area contributed by atoms with Crippen molar-refractivity contribution in [3.63, 3.8) is 0 Å². The van der Waals surface area contributed by atoms with Crippen LogP contribution < -0.4 is 5.73 Å². The van der Waals surface area contributed by atoms with Gasteiger partial charge in [0.2, 0.25) is 0 Å². The molecule has 2 N–H and O–H groups in total. The highest BCUT2D eigenvalue weighted by Gasteiger charge is 2.23. The molecule has 1 aromatic heterocycles. The SMILES string of the molecule is Cc1nnc2n1C(CC(C)N)CCC2. The first-order valence-electron chi connectivity index (χ1n) is 5.34. The molecule has 78 valence electrons. The molecule has 4 nitrogen and oxygen atoms in total. The summed E-state index contributed by atoms with van der Waals surface area (Å²) in [7, 11) is 0. The van der Waals surface area contributed by atoms with Crippen LogP contribution in [0.2, 0.25) is 0 Å². The molecular formula is C10H18N4. The summed E-state index contributed by atoms with van der Waals surface area (Å²) >= 11 is 0. The van der Waals surface area contributed by atoms with Gasteiger partial charge in [0, 0.05) is 18.5 Å². The van der Waals surface area contributed by atoms with Crippen molar-refractivity contribution in [3.05, 3.63) is 11.6 Å². The van der Waals surface area contributed by atoms with Gasteiger partial charge in [-0.25, -0.2) is 0 Å². The summed E-state index contributed by atoms with van der Waals surface area (Å²) in [5.74, 6) is 2.17. The van der Waals surface area contributed by atoms with E-state index in [4.69, 9.17) is 5.73 Å². The zero-order chi connectivity index (χ0) is 10.1. The van der Waals surface area contributed by atoms with Gasteiger partial charge in [-0.2, -0.15) is 0 Å². The fraction of sp³-hybridized carbons (Fsp3) is 0.800. The lowest BCUT2D eigenvalue weighted by Crippen LogP contribution is -2.26. The van der Waals surface area contributed by atoms with E-state index in [1.165, 1.54) is 12.8 Å². The molecule has 0 saturated heterocycles. The van der Waals surface area contributed by atoms with Crippen molar-refractivity contribution in [2.45, 2.75) is 51.6 Å². The quantitative estimate of drug-likeness (QED) is 0.769. The number of fused-ring (bicyclic) bond motifs is 1. The molecule has 14 heavy (non-hydrogen) atoms. The van der Waals surface area contributed by atoms with Crippen LogP contribution in [0.1, 0.15) is 43.9 Å². The number of nitrogens with zero attached hydrogens (tertiary/aromatic N) is 3. The maximum Gasteiger partial charge on any atom is 0.133 e. The van der Waals surface area contributed by atoms with Crippen LogP contribution in [0, 0.1) is 6.92 Å². The number of nitrogens with two attached hydrogens (primary N) is 1. The second-order valence-corrected chi connectivity index (χ2v) is 4.29. The molecule has 1 aliphatic heterocycles. The molecule has 2 unspecified atom stereocenters. The Hall–Kier alpha value is -0.900. The van der Waals surface area contributed by atoms with Crippen molar-refractivity contribution < 1.29 is 0 Å². The molecule has 0 aromatic carbocycles. The van der Waals surface area contributed by atoms with Gasteiger partial charge in [-0.3, -0.25) is 0 Å². The van der Waals surface area contributed by atoms with Crippen LogP contribution in [-0.2, 0) is 6.42 Å². The third kappa shape index (κ3) is 1.66. The van der Waals surface area contributed by atoms with E-state index in [0.29, 0.717) is 6.04 Å². The Bertz CT molecular complexity index is 316. The highest BCUT2D eigenvalue weighted by atomic mass is 15.3. The van der Waals surface area contributed by atoms with Gasteiger partial charge in [-0.05, 0) is 33.1 Å². The second kappa shape index (κ2) is 3.69. The smallest absolute Gasteiger partial charge is 0.133 e. The van der Waals surface area contributed by atoms with Crippen LogP contribution in [0.3, 0.4) is 0 Å². The third-order valence-corrected chi connectivity index (χ3v) is 2.88. The van der Waals surface area contributed by atoms with Gasteiger partial charge in [0.1, 0.15) is 11.6 Å². The number of rotatable bonds is 2. The lowest BCUT2D eigenvalue weighted by molar-refractivity contribution is 0.350. The summed E-state index contributed by atoms with van der Waals surface area (Å²) in [5, 5.41) is 8.31. The molecular weight excluding hydrogens is 176 g/mol. The summed E-state index contributed by atoms with van der Waals surface area (Å²) in [4.78, 5) is 0. The number of hydrogen-bond donors (Lipinski definition) is 1. The Labute approximate surface area is 84.5 Å². The van der Waals surface area contributed by atoms with Gasteiger partial charge in [-0.15, -0.1) is 10.2 Å². The van der Waals surface area contributed by atoms with Crippen LogP contribution >= 0.6 is 0 Å². The van der Waals surface area contributed by atoms with E-state index in [2.05, 4.69) is 21.7 Å². The lowest BCUT2D eigenvalue weighted by atomic mass is 9.98. The average Bonchev–Trinajstić information content (AvgIpc) is 2.48. The molecule has 2 atom stereocenters. The van der Waals surface area contributed by atoms with Crippen LogP contribution in [0.25, 0.3) is 0 Å². The summed E-state index contributed by atoms with van der Waals surface area (Å²) in [5.41, 5.74) is 5.85. The normalized spacial score (nSPS) is 23.2. The summed E-state index contributed by atoms with van der Waals surface area (Å²) in [6.45, 7) is 4.09. The molecule has 0 spiro atoms. The van der Waals surface area contributed by atoms with E-state index in [1.54, 1.807) is 0 Å². The largest absolute Gasteiger partial charge is 0.328 e.